The Kier molecular flexibility index (Phi) is 5.50. The van der Waals surface area contributed by atoms with Crippen molar-refractivity contribution in [2.45, 2.75) is 6.54 Å². The summed E-state index contributed by atoms with van der Waals surface area (Å²) < 4.78 is 2.65. The number of ketones is 1. The van der Waals surface area contributed by atoms with Gasteiger partial charge in [0.15, 0.2) is 5.78 Å². The fraction of sp³-hybridized carbons (Fsp3) is 0.125. The molecule has 0 saturated carbocycles. The van der Waals surface area contributed by atoms with Crippen LogP contribution in [0.4, 0.5) is 5.69 Å². The molecule has 0 spiro atoms. The molecule has 0 aliphatic heterocycles. The molecule has 150 valence electrons. The number of halogens is 1. The molecular formula is C24H20BrN3O2. The number of para-hydroxylation sites is 1. The van der Waals surface area contributed by atoms with Crippen LogP contribution in [0.25, 0.3) is 10.9 Å². The number of fused-ring (bicyclic) bond motifs is 1. The van der Waals surface area contributed by atoms with Crippen LogP contribution in [-0.2, 0) is 6.54 Å². The molecule has 0 N–H and O–H groups in total. The van der Waals surface area contributed by atoms with E-state index in [0.29, 0.717) is 17.5 Å². The average Bonchev–Trinajstić information content (AvgIpc) is 2.75. The summed E-state index contributed by atoms with van der Waals surface area (Å²) in [5, 5.41) is 0.516. The second kappa shape index (κ2) is 8.24. The molecule has 30 heavy (non-hydrogen) atoms. The summed E-state index contributed by atoms with van der Waals surface area (Å²) in [5.41, 5.74) is 2.87. The van der Waals surface area contributed by atoms with Crippen molar-refractivity contribution in [2.24, 2.45) is 0 Å². The number of hydrogen-bond donors (Lipinski definition) is 0. The first-order valence-electron chi connectivity index (χ1n) is 9.50. The van der Waals surface area contributed by atoms with Gasteiger partial charge in [-0.2, -0.15) is 0 Å². The Morgan fingerprint density at radius 1 is 1.03 bits per heavy atom. The first-order chi connectivity index (χ1) is 14.4. The van der Waals surface area contributed by atoms with Crippen molar-refractivity contribution in [3.05, 3.63) is 105 Å². The molecule has 4 rings (SSSR count). The van der Waals surface area contributed by atoms with Crippen LogP contribution >= 0.6 is 15.9 Å². The van der Waals surface area contributed by atoms with Gasteiger partial charge in [-0.1, -0.05) is 30.3 Å². The number of benzene rings is 2. The molecular weight excluding hydrogens is 442 g/mol. The third-order valence-electron chi connectivity index (χ3n) is 4.96. The fourth-order valence-corrected chi connectivity index (χ4v) is 3.81. The minimum absolute atomic E-state index is 0.152. The lowest BCUT2D eigenvalue weighted by atomic mass is 10.0. The number of hydrogen-bond acceptors (Lipinski definition) is 4. The van der Waals surface area contributed by atoms with Gasteiger partial charge in [-0.15, -0.1) is 0 Å². The quantitative estimate of drug-likeness (QED) is 0.324. The lowest BCUT2D eigenvalue weighted by Crippen LogP contribution is -2.20. The van der Waals surface area contributed by atoms with Crippen LogP contribution in [0.1, 0.15) is 21.6 Å². The lowest BCUT2D eigenvalue weighted by Gasteiger charge is -2.15. The highest BCUT2D eigenvalue weighted by Crippen LogP contribution is 2.19. The van der Waals surface area contributed by atoms with Crippen molar-refractivity contribution >= 4 is 38.3 Å². The summed E-state index contributed by atoms with van der Waals surface area (Å²) in [6, 6.07) is 20.3. The molecule has 2 heterocycles. The van der Waals surface area contributed by atoms with E-state index in [4.69, 9.17) is 0 Å². The maximum absolute atomic E-state index is 13.3. The van der Waals surface area contributed by atoms with Crippen LogP contribution in [-0.4, -0.2) is 29.4 Å². The summed E-state index contributed by atoms with van der Waals surface area (Å²) in [4.78, 5) is 32.9. The number of carbonyl (C=O) groups excluding carboxylic acids is 1. The van der Waals surface area contributed by atoms with E-state index in [-0.39, 0.29) is 16.8 Å². The van der Waals surface area contributed by atoms with Crippen molar-refractivity contribution in [3.8, 4) is 0 Å². The second-order valence-electron chi connectivity index (χ2n) is 7.24. The minimum Gasteiger partial charge on any atom is -0.378 e. The van der Waals surface area contributed by atoms with E-state index in [1.165, 1.54) is 0 Å². The van der Waals surface area contributed by atoms with E-state index in [1.807, 2.05) is 72.1 Å². The van der Waals surface area contributed by atoms with Gasteiger partial charge in [0, 0.05) is 36.9 Å². The second-order valence-corrected chi connectivity index (χ2v) is 8.05. The molecule has 0 fully saturated rings. The molecule has 4 aromatic rings. The molecule has 6 heteroatoms. The molecule has 0 aliphatic rings. The summed E-state index contributed by atoms with van der Waals surface area (Å²) in [6.07, 6.45) is 1.65. The van der Waals surface area contributed by atoms with Gasteiger partial charge in [-0.25, -0.2) is 4.98 Å². The van der Waals surface area contributed by atoms with Crippen molar-refractivity contribution in [2.75, 3.05) is 19.0 Å². The molecule has 0 amide bonds. The lowest BCUT2D eigenvalue weighted by molar-refractivity contribution is 0.103. The highest BCUT2D eigenvalue weighted by molar-refractivity contribution is 9.10. The first kappa shape index (κ1) is 20.0. The molecule has 0 radical (unpaired) electrons. The Morgan fingerprint density at radius 2 is 1.80 bits per heavy atom. The standard InChI is InChI=1S/C24H20BrN3O2/c1-27(2)18-9-5-7-16(13-18)23(29)20-15-28(14-17-8-6-12-22(25)26-17)21-11-4-3-10-19(21)24(20)30/h3-13,15H,14H2,1-2H3. The minimum atomic E-state index is -0.287. The Hall–Kier alpha value is -3.25. The van der Waals surface area contributed by atoms with Gasteiger partial charge >= 0.3 is 0 Å². The van der Waals surface area contributed by atoms with E-state index in [2.05, 4.69) is 20.9 Å². The Balaban J connectivity index is 1.86. The maximum atomic E-state index is 13.3. The summed E-state index contributed by atoms with van der Waals surface area (Å²) in [6.45, 7) is 0.443. The number of anilines is 1. The van der Waals surface area contributed by atoms with Crippen LogP contribution in [0.3, 0.4) is 0 Å². The van der Waals surface area contributed by atoms with E-state index >= 15 is 0 Å². The summed E-state index contributed by atoms with van der Waals surface area (Å²) in [7, 11) is 3.83. The molecule has 2 aromatic carbocycles. The van der Waals surface area contributed by atoms with E-state index in [1.54, 1.807) is 24.4 Å². The highest BCUT2D eigenvalue weighted by Gasteiger charge is 2.18. The van der Waals surface area contributed by atoms with Crippen molar-refractivity contribution in [3.63, 3.8) is 0 Å². The van der Waals surface area contributed by atoms with Crippen molar-refractivity contribution < 1.29 is 4.79 Å². The Labute approximate surface area is 182 Å². The third kappa shape index (κ3) is 3.91. The zero-order valence-electron chi connectivity index (χ0n) is 16.7. The summed E-state index contributed by atoms with van der Waals surface area (Å²) >= 11 is 3.40. The molecule has 0 unspecified atom stereocenters. The molecule has 0 saturated heterocycles. The summed E-state index contributed by atoms with van der Waals surface area (Å²) in [5.74, 6) is -0.287. The van der Waals surface area contributed by atoms with Gasteiger partial charge in [0.25, 0.3) is 0 Å². The van der Waals surface area contributed by atoms with Gasteiger partial charge < -0.3 is 9.47 Å². The Morgan fingerprint density at radius 3 is 2.57 bits per heavy atom. The molecule has 0 atom stereocenters. The zero-order chi connectivity index (χ0) is 21.3. The van der Waals surface area contributed by atoms with Crippen LogP contribution in [0.15, 0.2) is 82.3 Å². The molecule has 0 aliphatic carbocycles. The largest absolute Gasteiger partial charge is 0.378 e. The zero-order valence-corrected chi connectivity index (χ0v) is 18.3. The number of aromatic nitrogens is 2. The predicted molar refractivity (Wildman–Crippen MR) is 123 cm³/mol. The fourth-order valence-electron chi connectivity index (χ4n) is 3.43. The number of nitrogens with zero attached hydrogens (tertiary/aromatic N) is 3. The van der Waals surface area contributed by atoms with Crippen molar-refractivity contribution in [1.82, 2.24) is 9.55 Å². The smallest absolute Gasteiger partial charge is 0.200 e. The van der Waals surface area contributed by atoms with Crippen LogP contribution < -0.4 is 10.3 Å². The van der Waals surface area contributed by atoms with Crippen LogP contribution in [0, 0.1) is 0 Å². The molecule has 2 aromatic heterocycles. The van der Waals surface area contributed by atoms with Crippen LogP contribution in [0.5, 0.6) is 0 Å². The monoisotopic (exact) mass is 461 g/mol. The predicted octanol–water partition coefficient (Wildman–Crippen LogP) is 4.50. The molecule has 0 bridgehead atoms. The van der Waals surface area contributed by atoms with Gasteiger partial charge in [0.1, 0.15) is 4.60 Å². The van der Waals surface area contributed by atoms with Crippen molar-refractivity contribution in [1.29, 1.82) is 0 Å². The number of rotatable bonds is 5. The van der Waals surface area contributed by atoms with E-state index < -0.39 is 0 Å². The Bertz CT molecular complexity index is 1310. The number of carbonyl (C=O) groups is 1. The van der Waals surface area contributed by atoms with E-state index in [9.17, 15) is 9.59 Å². The third-order valence-corrected chi connectivity index (χ3v) is 5.40. The van der Waals surface area contributed by atoms with Gasteiger partial charge in [0.05, 0.1) is 23.3 Å². The topological polar surface area (TPSA) is 55.2 Å². The van der Waals surface area contributed by atoms with Crippen LogP contribution in [0.2, 0.25) is 0 Å². The number of pyridine rings is 2. The van der Waals surface area contributed by atoms with E-state index in [0.717, 1.165) is 21.5 Å². The first-order valence-corrected chi connectivity index (χ1v) is 10.3. The SMILES string of the molecule is CN(C)c1cccc(C(=O)c2cn(Cc3cccc(Br)n3)c3ccccc3c2=O)c1. The van der Waals surface area contributed by atoms with Gasteiger partial charge in [0.2, 0.25) is 5.43 Å². The highest BCUT2D eigenvalue weighted by atomic mass is 79.9. The van der Waals surface area contributed by atoms with Gasteiger partial charge in [-0.3, -0.25) is 9.59 Å². The normalized spacial score (nSPS) is 10.9. The molecule has 5 nitrogen and oxygen atoms in total. The maximum Gasteiger partial charge on any atom is 0.200 e. The average molecular weight is 462 g/mol. The van der Waals surface area contributed by atoms with Gasteiger partial charge in [-0.05, 0) is 52.3 Å².